The summed E-state index contributed by atoms with van der Waals surface area (Å²) in [7, 11) is 0. The first-order valence-electron chi connectivity index (χ1n) is 8.30. The normalized spacial score (nSPS) is 16.5. The van der Waals surface area contributed by atoms with Gasteiger partial charge in [-0.05, 0) is 47.0 Å². The van der Waals surface area contributed by atoms with E-state index in [1.54, 1.807) is 0 Å². The monoisotopic (exact) mass is 317 g/mol. The third-order valence-electron chi connectivity index (χ3n) is 4.58. The summed E-state index contributed by atoms with van der Waals surface area (Å²) in [6.07, 6.45) is 0.467. The number of ether oxygens (including phenoxy) is 1. The van der Waals surface area contributed by atoms with Gasteiger partial charge in [-0.1, -0.05) is 42.5 Å². The lowest BCUT2D eigenvalue weighted by molar-refractivity contribution is -0.116. The molecule has 3 heteroatoms. The average Bonchev–Trinajstić information content (AvgIpc) is 2.61. The summed E-state index contributed by atoms with van der Waals surface area (Å²) in [5.41, 5.74) is 3.27. The predicted molar refractivity (Wildman–Crippen MR) is 96.6 cm³/mol. The van der Waals surface area contributed by atoms with Crippen LogP contribution in [0.15, 0.2) is 60.7 Å². The van der Waals surface area contributed by atoms with Crippen molar-refractivity contribution in [2.24, 2.45) is 0 Å². The summed E-state index contributed by atoms with van der Waals surface area (Å²) in [4.78, 5) is 12.2. The standard InChI is InChI=1S/C21H19NO2/c1-2-24-16-10-7-15(8-11-16)18-13-20(23)22-19-12-9-14-5-3-4-6-17(14)21(18)19/h3-12,18H,2,13H2,1H3,(H,22,23). The van der Waals surface area contributed by atoms with E-state index in [4.69, 9.17) is 4.74 Å². The Morgan fingerprint density at radius 1 is 1.04 bits per heavy atom. The van der Waals surface area contributed by atoms with E-state index in [2.05, 4.69) is 35.6 Å². The molecule has 3 aromatic rings. The van der Waals surface area contributed by atoms with Gasteiger partial charge in [0.25, 0.3) is 0 Å². The number of rotatable bonds is 3. The number of nitrogens with one attached hydrogen (secondary N) is 1. The minimum Gasteiger partial charge on any atom is -0.494 e. The van der Waals surface area contributed by atoms with Gasteiger partial charge in [-0.25, -0.2) is 0 Å². The Morgan fingerprint density at radius 3 is 2.62 bits per heavy atom. The number of benzene rings is 3. The second-order valence-electron chi connectivity index (χ2n) is 6.05. The van der Waals surface area contributed by atoms with Crippen LogP contribution in [-0.2, 0) is 4.79 Å². The molecule has 0 aromatic heterocycles. The van der Waals surface area contributed by atoms with Crippen molar-refractivity contribution in [2.75, 3.05) is 11.9 Å². The van der Waals surface area contributed by atoms with Crippen molar-refractivity contribution in [3.8, 4) is 5.75 Å². The maximum Gasteiger partial charge on any atom is 0.225 e. The topological polar surface area (TPSA) is 38.3 Å². The molecule has 3 nitrogen and oxygen atoms in total. The Kier molecular flexibility index (Phi) is 3.69. The van der Waals surface area contributed by atoms with E-state index in [0.717, 1.165) is 17.0 Å². The first-order chi connectivity index (χ1) is 11.8. The highest BCUT2D eigenvalue weighted by Gasteiger charge is 2.28. The van der Waals surface area contributed by atoms with Crippen molar-refractivity contribution in [1.82, 2.24) is 0 Å². The Hall–Kier alpha value is -2.81. The van der Waals surface area contributed by atoms with Crippen LogP contribution in [0, 0.1) is 0 Å². The van der Waals surface area contributed by atoms with E-state index < -0.39 is 0 Å². The maximum atomic E-state index is 12.2. The van der Waals surface area contributed by atoms with Gasteiger partial charge >= 0.3 is 0 Å². The van der Waals surface area contributed by atoms with Crippen LogP contribution in [0.3, 0.4) is 0 Å². The molecule has 0 spiro atoms. The Morgan fingerprint density at radius 2 is 1.83 bits per heavy atom. The van der Waals surface area contributed by atoms with Crippen molar-refractivity contribution >= 4 is 22.4 Å². The summed E-state index contributed by atoms with van der Waals surface area (Å²) < 4.78 is 5.53. The van der Waals surface area contributed by atoms with Crippen LogP contribution < -0.4 is 10.1 Å². The van der Waals surface area contributed by atoms with Crippen LogP contribution in [0.25, 0.3) is 10.8 Å². The molecule has 0 fully saturated rings. The fourth-order valence-corrected chi connectivity index (χ4v) is 3.52. The lowest BCUT2D eigenvalue weighted by Gasteiger charge is -2.27. The highest BCUT2D eigenvalue weighted by Crippen LogP contribution is 2.41. The summed E-state index contributed by atoms with van der Waals surface area (Å²) in [5, 5.41) is 5.42. The third-order valence-corrected chi connectivity index (χ3v) is 4.58. The fourth-order valence-electron chi connectivity index (χ4n) is 3.52. The van der Waals surface area contributed by atoms with Gasteiger partial charge in [0.1, 0.15) is 5.75 Å². The van der Waals surface area contributed by atoms with Crippen molar-refractivity contribution in [2.45, 2.75) is 19.3 Å². The summed E-state index contributed by atoms with van der Waals surface area (Å²) >= 11 is 0. The molecular weight excluding hydrogens is 298 g/mol. The third kappa shape index (κ3) is 2.52. The number of carbonyl (C=O) groups excluding carboxylic acids is 1. The highest BCUT2D eigenvalue weighted by atomic mass is 16.5. The van der Waals surface area contributed by atoms with Gasteiger partial charge in [0.15, 0.2) is 0 Å². The lowest BCUT2D eigenvalue weighted by Crippen LogP contribution is -2.23. The van der Waals surface area contributed by atoms with Crippen LogP contribution >= 0.6 is 0 Å². The molecule has 3 aromatic carbocycles. The van der Waals surface area contributed by atoms with E-state index in [1.165, 1.54) is 16.3 Å². The molecule has 0 bridgehead atoms. The van der Waals surface area contributed by atoms with Crippen LogP contribution in [0.1, 0.15) is 30.4 Å². The van der Waals surface area contributed by atoms with Gasteiger partial charge in [0.05, 0.1) is 6.61 Å². The second-order valence-corrected chi connectivity index (χ2v) is 6.05. The van der Waals surface area contributed by atoms with Crippen molar-refractivity contribution in [3.05, 3.63) is 71.8 Å². The summed E-state index contributed by atoms with van der Waals surface area (Å²) in [6.45, 7) is 2.63. The smallest absolute Gasteiger partial charge is 0.225 e. The number of hydrogen-bond donors (Lipinski definition) is 1. The van der Waals surface area contributed by atoms with Gasteiger partial charge in [-0.3, -0.25) is 4.79 Å². The molecule has 0 radical (unpaired) electrons. The lowest BCUT2D eigenvalue weighted by atomic mass is 9.82. The molecule has 1 aliphatic heterocycles. The second kappa shape index (κ2) is 6.00. The number of hydrogen-bond acceptors (Lipinski definition) is 2. The minimum atomic E-state index is 0.0653. The Bertz CT molecular complexity index is 899. The average molecular weight is 317 g/mol. The SMILES string of the molecule is CCOc1ccc(C2CC(=O)Nc3ccc4ccccc4c32)cc1. The first kappa shape index (κ1) is 14.8. The van der Waals surface area contributed by atoms with E-state index >= 15 is 0 Å². The number of amides is 1. The van der Waals surface area contributed by atoms with Crippen LogP contribution in [0.5, 0.6) is 5.75 Å². The molecule has 0 aliphatic carbocycles. The summed E-state index contributed by atoms with van der Waals surface area (Å²) in [5.74, 6) is 0.992. The molecule has 24 heavy (non-hydrogen) atoms. The highest BCUT2D eigenvalue weighted by molar-refractivity contribution is 6.01. The van der Waals surface area contributed by atoms with Crippen LogP contribution in [0.4, 0.5) is 5.69 Å². The molecule has 1 amide bonds. The fraction of sp³-hybridized carbons (Fsp3) is 0.190. The van der Waals surface area contributed by atoms with Gasteiger partial charge in [-0.2, -0.15) is 0 Å². The molecule has 0 saturated carbocycles. The van der Waals surface area contributed by atoms with Crippen LogP contribution in [-0.4, -0.2) is 12.5 Å². The first-order valence-corrected chi connectivity index (χ1v) is 8.30. The van der Waals surface area contributed by atoms with Crippen molar-refractivity contribution in [1.29, 1.82) is 0 Å². The molecule has 4 rings (SSSR count). The van der Waals surface area contributed by atoms with Gasteiger partial charge < -0.3 is 10.1 Å². The minimum absolute atomic E-state index is 0.0653. The van der Waals surface area contributed by atoms with E-state index in [0.29, 0.717) is 13.0 Å². The number of fused-ring (bicyclic) bond motifs is 3. The van der Waals surface area contributed by atoms with Gasteiger partial charge in [-0.15, -0.1) is 0 Å². The zero-order valence-corrected chi connectivity index (χ0v) is 13.6. The van der Waals surface area contributed by atoms with Crippen molar-refractivity contribution in [3.63, 3.8) is 0 Å². The number of carbonyl (C=O) groups is 1. The molecule has 0 saturated heterocycles. The molecule has 120 valence electrons. The Balaban J connectivity index is 1.85. The number of anilines is 1. The largest absolute Gasteiger partial charge is 0.494 e. The quantitative estimate of drug-likeness (QED) is 0.759. The van der Waals surface area contributed by atoms with E-state index in [9.17, 15) is 4.79 Å². The predicted octanol–water partition coefficient (Wildman–Crippen LogP) is 4.71. The zero-order valence-electron chi connectivity index (χ0n) is 13.6. The maximum absolute atomic E-state index is 12.2. The Labute approximate surface area is 141 Å². The molecule has 1 atom stereocenters. The molecule has 1 N–H and O–H groups in total. The van der Waals surface area contributed by atoms with E-state index in [-0.39, 0.29) is 11.8 Å². The summed E-state index contributed by atoms with van der Waals surface area (Å²) in [6, 6.07) is 20.5. The molecule has 1 aliphatic rings. The molecule has 1 heterocycles. The molecule has 1 unspecified atom stereocenters. The molecular formula is C21H19NO2. The van der Waals surface area contributed by atoms with Crippen LogP contribution in [0.2, 0.25) is 0 Å². The van der Waals surface area contributed by atoms with Gasteiger partial charge in [0.2, 0.25) is 5.91 Å². The zero-order chi connectivity index (χ0) is 16.5. The van der Waals surface area contributed by atoms with Crippen molar-refractivity contribution < 1.29 is 9.53 Å². The van der Waals surface area contributed by atoms with Gasteiger partial charge in [0, 0.05) is 18.0 Å². The van der Waals surface area contributed by atoms with E-state index in [1.807, 2.05) is 37.3 Å².